The number of halogens is 1. The van der Waals surface area contributed by atoms with Crippen molar-refractivity contribution in [1.82, 2.24) is 14.1 Å². The van der Waals surface area contributed by atoms with Crippen LogP contribution in [0.2, 0.25) is 0 Å². The second-order valence-corrected chi connectivity index (χ2v) is 6.59. The number of nitro groups is 1. The molecule has 30 heavy (non-hydrogen) atoms. The lowest BCUT2D eigenvalue weighted by atomic mass is 10.1. The van der Waals surface area contributed by atoms with Gasteiger partial charge in [-0.3, -0.25) is 4.79 Å². The van der Waals surface area contributed by atoms with Gasteiger partial charge in [0.1, 0.15) is 30.2 Å². The molecule has 0 spiro atoms. The number of aromatic nitrogens is 3. The van der Waals surface area contributed by atoms with E-state index < -0.39 is 28.2 Å². The van der Waals surface area contributed by atoms with Gasteiger partial charge in [0.05, 0.1) is 18.7 Å². The zero-order valence-electron chi connectivity index (χ0n) is 16.2. The minimum absolute atomic E-state index is 0.0439. The molecule has 2 aromatic heterocycles. The minimum atomic E-state index is -1.14. The Balaban J connectivity index is 2.02. The van der Waals surface area contributed by atoms with Crippen LogP contribution in [0.5, 0.6) is 0 Å². The van der Waals surface area contributed by atoms with Gasteiger partial charge in [0.15, 0.2) is 5.82 Å². The number of nitrogens with zero attached hydrogens (tertiary/aromatic N) is 4. The first kappa shape index (κ1) is 21.1. The first-order valence-corrected chi connectivity index (χ1v) is 9.07. The zero-order valence-corrected chi connectivity index (χ0v) is 16.2. The Bertz CT molecular complexity index is 1190. The molecule has 1 aromatic carbocycles. The Kier molecular flexibility index (Phi) is 5.92. The van der Waals surface area contributed by atoms with Crippen molar-refractivity contribution < 1.29 is 24.0 Å². The van der Waals surface area contributed by atoms with Crippen molar-refractivity contribution in [2.45, 2.75) is 33.0 Å². The Morgan fingerprint density at radius 1 is 1.40 bits per heavy atom. The van der Waals surface area contributed by atoms with Gasteiger partial charge in [-0.1, -0.05) is 0 Å². The topological polar surface area (TPSA) is 129 Å². The number of carbonyl (C=O) groups excluding carboxylic acids is 1. The number of hydrogen-bond acceptors (Lipinski definition) is 7. The predicted octanol–water partition coefficient (Wildman–Crippen LogP) is 1.79. The summed E-state index contributed by atoms with van der Waals surface area (Å²) in [5.41, 5.74) is -0.688. The van der Waals surface area contributed by atoms with Crippen LogP contribution < -0.4 is 5.43 Å². The number of hydrogen-bond donors (Lipinski definition) is 1. The summed E-state index contributed by atoms with van der Waals surface area (Å²) in [5, 5.41) is 21.7. The molecule has 0 amide bonds. The number of carbonyl (C=O) groups is 1. The van der Waals surface area contributed by atoms with Crippen LogP contribution in [0.3, 0.4) is 0 Å². The molecule has 1 N–H and O–H groups in total. The summed E-state index contributed by atoms with van der Waals surface area (Å²) < 4.78 is 21.3. The van der Waals surface area contributed by atoms with Gasteiger partial charge in [-0.05, 0) is 30.0 Å². The molecule has 0 aliphatic rings. The van der Waals surface area contributed by atoms with E-state index in [9.17, 15) is 29.2 Å². The summed E-state index contributed by atoms with van der Waals surface area (Å²) in [6.07, 6.45) is 1.19. The molecule has 3 rings (SSSR count). The van der Waals surface area contributed by atoms with E-state index >= 15 is 0 Å². The number of imidazole rings is 1. The van der Waals surface area contributed by atoms with Crippen LogP contribution >= 0.6 is 0 Å². The third-order valence-corrected chi connectivity index (χ3v) is 4.56. The molecule has 3 aromatic rings. The number of ether oxygens (including phenoxy) is 1. The molecule has 11 heteroatoms. The highest BCUT2D eigenvalue weighted by Gasteiger charge is 2.22. The molecule has 0 bridgehead atoms. The molecule has 2 heterocycles. The number of aryl methyl sites for hydroxylation is 1. The second-order valence-electron chi connectivity index (χ2n) is 6.59. The number of esters is 1. The van der Waals surface area contributed by atoms with Gasteiger partial charge in [-0.15, -0.1) is 0 Å². The number of benzene rings is 1. The van der Waals surface area contributed by atoms with Gasteiger partial charge in [-0.2, -0.15) is 0 Å². The average molecular weight is 418 g/mol. The second kappa shape index (κ2) is 8.41. The van der Waals surface area contributed by atoms with Crippen molar-refractivity contribution in [2.24, 2.45) is 0 Å². The third-order valence-electron chi connectivity index (χ3n) is 4.56. The standard InChI is InChI=1S/C19H19FN4O6/c1-3-30-19(27)15-10-22(16-5-4-12(20)6-14(16)18(15)26)8-13(25)9-23-11(2)21-7-17(23)24(28)29/h4-7,10,13,25H,3,8-9H2,1-2H3. The smallest absolute Gasteiger partial charge is 0.343 e. The quantitative estimate of drug-likeness (QED) is 0.352. The molecule has 0 saturated carbocycles. The van der Waals surface area contributed by atoms with Crippen LogP contribution in [-0.4, -0.2) is 42.8 Å². The van der Waals surface area contributed by atoms with Crippen molar-refractivity contribution in [2.75, 3.05) is 6.61 Å². The molecular formula is C19H19FN4O6. The van der Waals surface area contributed by atoms with Crippen LogP contribution in [-0.2, 0) is 17.8 Å². The van der Waals surface area contributed by atoms with Crippen molar-refractivity contribution in [3.63, 3.8) is 0 Å². The Morgan fingerprint density at radius 2 is 2.13 bits per heavy atom. The van der Waals surface area contributed by atoms with Crippen LogP contribution in [0.15, 0.2) is 35.4 Å². The van der Waals surface area contributed by atoms with E-state index in [2.05, 4.69) is 4.98 Å². The number of pyridine rings is 1. The lowest BCUT2D eigenvalue weighted by Crippen LogP contribution is -2.27. The van der Waals surface area contributed by atoms with E-state index in [4.69, 9.17) is 4.74 Å². The first-order chi connectivity index (χ1) is 14.2. The fraction of sp³-hybridized carbons (Fsp3) is 0.316. The molecule has 0 radical (unpaired) electrons. The molecule has 0 aliphatic heterocycles. The molecular weight excluding hydrogens is 399 g/mol. The zero-order chi connectivity index (χ0) is 22.0. The minimum Gasteiger partial charge on any atom is -0.462 e. The highest BCUT2D eigenvalue weighted by molar-refractivity contribution is 5.93. The van der Waals surface area contributed by atoms with Gasteiger partial charge in [0.2, 0.25) is 5.43 Å². The summed E-state index contributed by atoms with van der Waals surface area (Å²) in [6.45, 7) is 2.93. The maximum absolute atomic E-state index is 13.7. The Morgan fingerprint density at radius 3 is 2.80 bits per heavy atom. The molecule has 10 nitrogen and oxygen atoms in total. The van der Waals surface area contributed by atoms with Gasteiger partial charge in [0.25, 0.3) is 0 Å². The number of rotatable bonds is 7. The maximum Gasteiger partial charge on any atom is 0.343 e. The summed E-state index contributed by atoms with van der Waals surface area (Å²) >= 11 is 0. The largest absolute Gasteiger partial charge is 0.462 e. The highest BCUT2D eigenvalue weighted by atomic mass is 19.1. The van der Waals surface area contributed by atoms with E-state index in [1.54, 1.807) is 13.8 Å². The third kappa shape index (κ3) is 4.06. The fourth-order valence-corrected chi connectivity index (χ4v) is 3.20. The van der Waals surface area contributed by atoms with Gasteiger partial charge < -0.3 is 24.5 Å². The molecule has 1 unspecified atom stereocenters. The lowest BCUT2D eigenvalue weighted by Gasteiger charge is -2.17. The van der Waals surface area contributed by atoms with Crippen molar-refractivity contribution in [1.29, 1.82) is 0 Å². The normalized spacial score (nSPS) is 12.1. The van der Waals surface area contributed by atoms with E-state index in [1.807, 2.05) is 0 Å². The molecule has 158 valence electrons. The van der Waals surface area contributed by atoms with E-state index in [0.29, 0.717) is 11.3 Å². The maximum atomic E-state index is 13.7. The first-order valence-electron chi connectivity index (χ1n) is 9.07. The highest BCUT2D eigenvalue weighted by Crippen LogP contribution is 2.18. The number of aliphatic hydroxyl groups is 1. The predicted molar refractivity (Wildman–Crippen MR) is 104 cm³/mol. The fourth-order valence-electron chi connectivity index (χ4n) is 3.20. The van der Waals surface area contributed by atoms with Crippen LogP contribution in [0.1, 0.15) is 23.1 Å². The van der Waals surface area contributed by atoms with Gasteiger partial charge >= 0.3 is 11.8 Å². The Labute approximate surface area is 169 Å². The molecule has 0 aliphatic carbocycles. The summed E-state index contributed by atoms with van der Waals surface area (Å²) in [4.78, 5) is 39.2. The summed E-state index contributed by atoms with van der Waals surface area (Å²) in [7, 11) is 0. The van der Waals surface area contributed by atoms with Crippen LogP contribution in [0.4, 0.5) is 10.2 Å². The van der Waals surface area contributed by atoms with E-state index in [1.165, 1.54) is 21.4 Å². The van der Waals surface area contributed by atoms with Crippen molar-refractivity contribution >= 4 is 22.7 Å². The lowest BCUT2D eigenvalue weighted by molar-refractivity contribution is -0.392. The van der Waals surface area contributed by atoms with Crippen molar-refractivity contribution in [3.05, 3.63) is 68.1 Å². The monoisotopic (exact) mass is 418 g/mol. The molecule has 0 fully saturated rings. The molecule has 0 saturated heterocycles. The van der Waals surface area contributed by atoms with E-state index in [-0.39, 0.29) is 36.5 Å². The van der Waals surface area contributed by atoms with Gasteiger partial charge in [-0.25, -0.2) is 18.7 Å². The average Bonchev–Trinajstić information content (AvgIpc) is 3.04. The van der Waals surface area contributed by atoms with Crippen LogP contribution in [0, 0.1) is 22.9 Å². The van der Waals surface area contributed by atoms with Crippen molar-refractivity contribution in [3.8, 4) is 0 Å². The van der Waals surface area contributed by atoms with Crippen LogP contribution in [0.25, 0.3) is 10.9 Å². The summed E-state index contributed by atoms with van der Waals surface area (Å²) in [6, 6.07) is 3.52. The Hall–Kier alpha value is -3.60. The number of fused-ring (bicyclic) bond motifs is 1. The van der Waals surface area contributed by atoms with Gasteiger partial charge in [0, 0.05) is 18.5 Å². The number of aliphatic hydroxyl groups excluding tert-OH is 1. The van der Waals surface area contributed by atoms with E-state index in [0.717, 1.165) is 18.3 Å². The SMILES string of the molecule is CCOC(=O)c1cn(CC(O)Cn2c([N+](=O)[O-])cnc2C)c2ccc(F)cc2c1=O. The summed E-state index contributed by atoms with van der Waals surface area (Å²) in [5.74, 6) is -1.44. The molecule has 1 atom stereocenters.